The average Bonchev–Trinajstić information content (AvgIpc) is 2.81. The van der Waals surface area contributed by atoms with Crippen LogP contribution in [0.15, 0.2) is 84.9 Å². The van der Waals surface area contributed by atoms with Crippen molar-refractivity contribution in [1.29, 1.82) is 0 Å². The van der Waals surface area contributed by atoms with Crippen LogP contribution in [0.5, 0.6) is 0 Å². The van der Waals surface area contributed by atoms with Crippen LogP contribution >= 0.6 is 0 Å². The quantitative estimate of drug-likeness (QED) is 0.630. The number of nitrogens with one attached hydrogen (secondary N) is 1. The highest BCUT2D eigenvalue weighted by Gasteiger charge is 2.21. The molecule has 0 radical (unpaired) electrons. The van der Waals surface area contributed by atoms with Gasteiger partial charge in [-0.25, -0.2) is 4.39 Å². The Morgan fingerprint density at radius 1 is 0.839 bits per heavy atom. The summed E-state index contributed by atoms with van der Waals surface area (Å²) in [7, 11) is 0. The molecule has 1 aliphatic rings. The van der Waals surface area contributed by atoms with Crippen molar-refractivity contribution in [1.82, 2.24) is 10.2 Å². The Labute approximate surface area is 183 Å². The molecule has 1 amide bonds. The highest BCUT2D eigenvalue weighted by Crippen LogP contribution is 2.19. The molecule has 31 heavy (non-hydrogen) atoms. The first-order valence-corrected chi connectivity index (χ1v) is 10.8. The van der Waals surface area contributed by atoms with E-state index in [-0.39, 0.29) is 17.8 Å². The summed E-state index contributed by atoms with van der Waals surface area (Å²) < 4.78 is 13.2. The highest BCUT2D eigenvalue weighted by atomic mass is 19.1. The molecule has 1 unspecified atom stereocenters. The minimum Gasteiger partial charge on any atom is -0.369 e. The van der Waals surface area contributed by atoms with Gasteiger partial charge in [-0.3, -0.25) is 9.69 Å². The predicted octanol–water partition coefficient (Wildman–Crippen LogP) is 4.05. The first-order chi connectivity index (χ1) is 15.2. The molecule has 3 aromatic rings. The van der Waals surface area contributed by atoms with Gasteiger partial charge in [-0.1, -0.05) is 60.7 Å². The van der Waals surface area contributed by atoms with Crippen molar-refractivity contribution in [2.45, 2.75) is 12.5 Å². The molecular formula is C26H28FN3O. The van der Waals surface area contributed by atoms with Crippen LogP contribution in [0.3, 0.4) is 0 Å². The lowest BCUT2D eigenvalue weighted by atomic mass is 9.99. The van der Waals surface area contributed by atoms with E-state index in [0.29, 0.717) is 6.54 Å². The van der Waals surface area contributed by atoms with Gasteiger partial charge in [0.2, 0.25) is 5.91 Å². The Morgan fingerprint density at radius 2 is 1.45 bits per heavy atom. The summed E-state index contributed by atoms with van der Waals surface area (Å²) in [5.41, 5.74) is 3.34. The summed E-state index contributed by atoms with van der Waals surface area (Å²) in [6.45, 7) is 3.64. The van der Waals surface area contributed by atoms with Gasteiger partial charge in [0.05, 0.1) is 12.6 Å². The van der Waals surface area contributed by atoms with Crippen LogP contribution in [0.4, 0.5) is 10.1 Å². The van der Waals surface area contributed by atoms with Crippen LogP contribution in [-0.2, 0) is 11.2 Å². The van der Waals surface area contributed by atoms with Crippen molar-refractivity contribution in [2.24, 2.45) is 0 Å². The third kappa shape index (κ3) is 5.92. The molecular weight excluding hydrogens is 389 g/mol. The lowest BCUT2D eigenvalue weighted by Gasteiger charge is -2.36. The van der Waals surface area contributed by atoms with E-state index in [0.717, 1.165) is 43.9 Å². The van der Waals surface area contributed by atoms with Gasteiger partial charge in [-0.2, -0.15) is 0 Å². The molecule has 0 aliphatic carbocycles. The van der Waals surface area contributed by atoms with E-state index >= 15 is 0 Å². The number of anilines is 1. The van der Waals surface area contributed by atoms with Crippen LogP contribution in [-0.4, -0.2) is 43.5 Å². The topological polar surface area (TPSA) is 35.6 Å². The van der Waals surface area contributed by atoms with Gasteiger partial charge in [-0.05, 0) is 41.8 Å². The number of halogens is 1. The Kier molecular flexibility index (Phi) is 6.95. The minimum atomic E-state index is -0.220. The maximum absolute atomic E-state index is 13.2. The van der Waals surface area contributed by atoms with E-state index < -0.39 is 0 Å². The fourth-order valence-corrected chi connectivity index (χ4v) is 4.05. The molecule has 1 atom stereocenters. The Bertz CT molecular complexity index is 955. The van der Waals surface area contributed by atoms with Crippen molar-refractivity contribution in [2.75, 3.05) is 37.6 Å². The minimum absolute atomic E-state index is 0.0417. The second-order valence-corrected chi connectivity index (χ2v) is 7.96. The zero-order chi connectivity index (χ0) is 21.5. The number of piperazine rings is 1. The summed E-state index contributed by atoms with van der Waals surface area (Å²) in [5, 5.41) is 3.24. The Balaban J connectivity index is 1.33. The molecule has 0 saturated carbocycles. The van der Waals surface area contributed by atoms with Gasteiger partial charge >= 0.3 is 0 Å². The van der Waals surface area contributed by atoms with Crippen molar-refractivity contribution >= 4 is 11.6 Å². The zero-order valence-corrected chi connectivity index (χ0v) is 17.6. The van der Waals surface area contributed by atoms with Crippen LogP contribution in [0, 0.1) is 5.82 Å². The maximum Gasteiger partial charge on any atom is 0.234 e. The molecule has 160 valence electrons. The lowest BCUT2D eigenvalue weighted by Crippen LogP contribution is -2.50. The zero-order valence-electron chi connectivity index (χ0n) is 17.6. The van der Waals surface area contributed by atoms with Crippen molar-refractivity contribution in [3.63, 3.8) is 0 Å². The molecule has 1 aliphatic heterocycles. The SMILES string of the molecule is O=C(CN1CCN(c2ccc(F)cc2)CC1)NC(Cc1ccccc1)c1ccccc1. The largest absolute Gasteiger partial charge is 0.369 e. The summed E-state index contributed by atoms with van der Waals surface area (Å²) in [6, 6.07) is 26.9. The Morgan fingerprint density at radius 3 is 2.10 bits per heavy atom. The Hall–Kier alpha value is -3.18. The normalized spacial score (nSPS) is 15.5. The number of carbonyl (C=O) groups excluding carboxylic acids is 1. The van der Waals surface area contributed by atoms with Gasteiger partial charge in [-0.15, -0.1) is 0 Å². The van der Waals surface area contributed by atoms with Crippen LogP contribution in [0.25, 0.3) is 0 Å². The third-order valence-electron chi connectivity index (χ3n) is 5.75. The molecule has 0 spiro atoms. The molecule has 5 heteroatoms. The number of amides is 1. The number of benzene rings is 3. The standard InChI is InChI=1S/C26H28FN3O/c27-23-11-13-24(14-12-23)30-17-15-29(16-18-30)20-26(31)28-25(22-9-5-2-6-10-22)19-21-7-3-1-4-8-21/h1-14,25H,15-20H2,(H,28,31). The smallest absolute Gasteiger partial charge is 0.234 e. The third-order valence-corrected chi connectivity index (χ3v) is 5.75. The second kappa shape index (κ2) is 10.2. The lowest BCUT2D eigenvalue weighted by molar-refractivity contribution is -0.123. The van der Waals surface area contributed by atoms with Crippen molar-refractivity contribution < 1.29 is 9.18 Å². The molecule has 0 bridgehead atoms. The summed E-state index contributed by atoms with van der Waals surface area (Å²) in [4.78, 5) is 17.3. The first kappa shape index (κ1) is 21.1. The number of rotatable bonds is 7. The maximum atomic E-state index is 13.2. The fraction of sp³-hybridized carbons (Fsp3) is 0.269. The number of hydrogen-bond donors (Lipinski definition) is 1. The summed E-state index contributed by atoms with van der Waals surface area (Å²) in [5.74, 6) is -0.178. The molecule has 1 heterocycles. The van der Waals surface area contributed by atoms with Crippen LogP contribution in [0.1, 0.15) is 17.2 Å². The molecule has 1 saturated heterocycles. The monoisotopic (exact) mass is 417 g/mol. The van der Waals surface area contributed by atoms with Crippen molar-refractivity contribution in [3.8, 4) is 0 Å². The van der Waals surface area contributed by atoms with Gasteiger partial charge in [0.15, 0.2) is 0 Å². The van der Waals surface area contributed by atoms with E-state index in [4.69, 9.17) is 0 Å². The summed E-state index contributed by atoms with van der Waals surface area (Å²) in [6.07, 6.45) is 0.759. The molecule has 1 fully saturated rings. The van der Waals surface area contributed by atoms with E-state index in [9.17, 15) is 9.18 Å². The molecule has 0 aromatic heterocycles. The second-order valence-electron chi connectivity index (χ2n) is 7.96. The molecule has 4 rings (SSSR count). The van der Waals surface area contributed by atoms with Gasteiger partial charge in [0, 0.05) is 31.9 Å². The average molecular weight is 418 g/mol. The van der Waals surface area contributed by atoms with E-state index in [2.05, 4.69) is 39.4 Å². The first-order valence-electron chi connectivity index (χ1n) is 10.8. The summed E-state index contributed by atoms with van der Waals surface area (Å²) >= 11 is 0. The predicted molar refractivity (Wildman–Crippen MR) is 123 cm³/mol. The van der Waals surface area contributed by atoms with Gasteiger partial charge in [0.25, 0.3) is 0 Å². The molecule has 3 aromatic carbocycles. The number of hydrogen-bond acceptors (Lipinski definition) is 3. The van der Waals surface area contributed by atoms with E-state index in [1.54, 1.807) is 0 Å². The van der Waals surface area contributed by atoms with Gasteiger partial charge < -0.3 is 10.2 Å². The van der Waals surface area contributed by atoms with Crippen LogP contribution in [0.2, 0.25) is 0 Å². The van der Waals surface area contributed by atoms with E-state index in [1.165, 1.54) is 17.7 Å². The molecule has 4 nitrogen and oxygen atoms in total. The number of carbonyl (C=O) groups is 1. The van der Waals surface area contributed by atoms with Gasteiger partial charge in [0.1, 0.15) is 5.82 Å². The highest BCUT2D eigenvalue weighted by molar-refractivity contribution is 5.78. The van der Waals surface area contributed by atoms with Crippen molar-refractivity contribution in [3.05, 3.63) is 102 Å². The van der Waals surface area contributed by atoms with Crippen LogP contribution < -0.4 is 10.2 Å². The molecule has 1 N–H and O–H groups in total. The fourth-order valence-electron chi connectivity index (χ4n) is 4.05. The number of nitrogens with zero attached hydrogens (tertiary/aromatic N) is 2. The van der Waals surface area contributed by atoms with E-state index in [1.807, 2.05) is 48.5 Å².